The normalized spacial score (nSPS) is 12.9. The highest BCUT2D eigenvalue weighted by molar-refractivity contribution is 5.78. The van der Waals surface area contributed by atoms with E-state index in [1.807, 2.05) is 36.4 Å². The van der Waals surface area contributed by atoms with Crippen molar-refractivity contribution in [2.24, 2.45) is 0 Å². The maximum atomic E-state index is 11.4. The van der Waals surface area contributed by atoms with Crippen LogP contribution in [0.25, 0.3) is 22.3 Å². The Kier molecular flexibility index (Phi) is 9.02. The van der Waals surface area contributed by atoms with E-state index in [1.165, 1.54) is 11.1 Å². The molecular formula is C36H42O4. The Bertz CT molecular complexity index is 1360. The number of hydrogen-bond acceptors (Lipinski definition) is 4. The average molecular weight is 539 g/mol. The molecule has 0 bridgehead atoms. The van der Waals surface area contributed by atoms with E-state index in [0.29, 0.717) is 12.8 Å². The first-order valence-electron chi connectivity index (χ1n) is 13.9. The lowest BCUT2D eigenvalue weighted by molar-refractivity contribution is -0.0350. The van der Waals surface area contributed by atoms with Gasteiger partial charge in [-0.3, -0.25) is 0 Å². The third kappa shape index (κ3) is 5.94. The Morgan fingerprint density at radius 2 is 0.875 bits per heavy atom. The van der Waals surface area contributed by atoms with Crippen LogP contribution in [-0.2, 0) is 22.3 Å². The van der Waals surface area contributed by atoms with Crippen molar-refractivity contribution >= 4 is 0 Å². The van der Waals surface area contributed by atoms with E-state index in [9.17, 15) is 10.2 Å². The molecule has 0 aromatic heterocycles. The van der Waals surface area contributed by atoms with Crippen LogP contribution in [0.15, 0.2) is 60.7 Å². The highest BCUT2D eigenvalue weighted by Gasteiger charge is 2.26. The van der Waals surface area contributed by atoms with Crippen LogP contribution in [0.3, 0.4) is 0 Å². The smallest absolute Gasteiger partial charge is 0.126 e. The Labute approximate surface area is 239 Å². The van der Waals surface area contributed by atoms with Crippen LogP contribution in [0.5, 0.6) is 11.5 Å². The number of ether oxygens (including phenoxy) is 2. The van der Waals surface area contributed by atoms with E-state index in [2.05, 4.69) is 65.8 Å². The van der Waals surface area contributed by atoms with Crippen LogP contribution < -0.4 is 0 Å². The second kappa shape index (κ2) is 12.3. The van der Waals surface area contributed by atoms with Crippen molar-refractivity contribution in [1.82, 2.24) is 0 Å². The van der Waals surface area contributed by atoms with Crippen LogP contribution in [0, 0.1) is 41.5 Å². The molecule has 4 aromatic rings. The van der Waals surface area contributed by atoms with Crippen molar-refractivity contribution in [3.05, 3.63) is 105 Å². The van der Waals surface area contributed by atoms with Crippen LogP contribution >= 0.6 is 0 Å². The van der Waals surface area contributed by atoms with Crippen LogP contribution in [-0.4, -0.2) is 36.6 Å². The van der Waals surface area contributed by atoms with E-state index < -0.39 is 0 Å². The number of hydrogen-bond donors (Lipinski definition) is 2. The van der Waals surface area contributed by atoms with Gasteiger partial charge < -0.3 is 19.7 Å². The van der Waals surface area contributed by atoms with Gasteiger partial charge in [-0.25, -0.2) is 0 Å². The zero-order chi connectivity index (χ0) is 29.1. The highest BCUT2D eigenvalue weighted by Crippen LogP contribution is 2.39. The minimum absolute atomic E-state index is 0.268. The van der Waals surface area contributed by atoms with E-state index >= 15 is 0 Å². The first kappa shape index (κ1) is 29.4. The summed E-state index contributed by atoms with van der Waals surface area (Å²) in [7, 11) is 3.34. The number of aromatic hydroxyl groups is 2. The zero-order valence-electron chi connectivity index (χ0n) is 25.1. The van der Waals surface area contributed by atoms with E-state index in [4.69, 9.17) is 9.47 Å². The molecule has 0 spiro atoms. The molecule has 2 atom stereocenters. The number of benzene rings is 4. The van der Waals surface area contributed by atoms with Crippen molar-refractivity contribution in [2.45, 2.75) is 66.6 Å². The third-order valence-electron chi connectivity index (χ3n) is 7.99. The molecule has 0 radical (unpaired) electrons. The predicted molar refractivity (Wildman–Crippen MR) is 165 cm³/mol. The van der Waals surface area contributed by atoms with Gasteiger partial charge in [0.05, 0.1) is 12.2 Å². The van der Waals surface area contributed by atoms with Crippen molar-refractivity contribution < 1.29 is 19.7 Å². The van der Waals surface area contributed by atoms with Crippen LogP contribution in [0.2, 0.25) is 0 Å². The number of aryl methyl sites for hydroxylation is 6. The zero-order valence-corrected chi connectivity index (χ0v) is 25.1. The molecule has 0 aliphatic heterocycles. The van der Waals surface area contributed by atoms with Gasteiger partial charge in [0, 0.05) is 38.2 Å². The standard InChI is InChI=1S/C36H42O4/c1-21-15-23(3)33(24(4)16-21)29-13-9-11-27(35(29)37)19-31(39-7)32(40-8)20-28-12-10-14-30(36(28)38)34-25(5)17-22(2)18-26(34)6/h9-18,31-32,37-38H,19-20H2,1-8H3. The first-order valence-corrected chi connectivity index (χ1v) is 13.9. The molecule has 0 fully saturated rings. The monoisotopic (exact) mass is 538 g/mol. The minimum atomic E-state index is -0.336. The number of phenolic OH excluding ortho intramolecular Hbond substituents is 2. The van der Waals surface area contributed by atoms with Crippen molar-refractivity contribution in [1.29, 1.82) is 0 Å². The third-order valence-corrected chi connectivity index (χ3v) is 7.99. The van der Waals surface area contributed by atoms with Gasteiger partial charge in [0.1, 0.15) is 11.5 Å². The maximum absolute atomic E-state index is 11.4. The highest BCUT2D eigenvalue weighted by atomic mass is 16.5. The summed E-state index contributed by atoms with van der Waals surface area (Å²) in [5, 5.41) is 22.8. The number of rotatable bonds is 9. The van der Waals surface area contributed by atoms with E-state index in [0.717, 1.165) is 55.6 Å². The molecule has 4 nitrogen and oxygen atoms in total. The van der Waals surface area contributed by atoms with E-state index in [-0.39, 0.29) is 23.7 Å². The molecule has 2 N–H and O–H groups in total. The molecule has 0 aliphatic carbocycles. The van der Waals surface area contributed by atoms with Crippen molar-refractivity contribution in [2.75, 3.05) is 14.2 Å². The summed E-state index contributed by atoms with van der Waals surface area (Å²) in [6.07, 6.45) is 0.263. The summed E-state index contributed by atoms with van der Waals surface area (Å²) in [5.74, 6) is 0.536. The SMILES string of the molecule is COC(Cc1cccc(-c2c(C)cc(C)cc2C)c1O)C(Cc1cccc(-c2c(C)cc(C)cc2C)c1O)OC. The first-order chi connectivity index (χ1) is 19.0. The molecule has 0 aliphatic rings. The summed E-state index contributed by atoms with van der Waals surface area (Å²) in [6.45, 7) is 12.5. The summed E-state index contributed by atoms with van der Waals surface area (Å²) < 4.78 is 11.9. The van der Waals surface area contributed by atoms with Gasteiger partial charge in [0.15, 0.2) is 0 Å². The lowest BCUT2D eigenvalue weighted by Gasteiger charge is -2.26. The Morgan fingerprint density at radius 3 is 1.18 bits per heavy atom. The molecule has 0 saturated heterocycles. The van der Waals surface area contributed by atoms with Gasteiger partial charge in [0.25, 0.3) is 0 Å². The molecular weight excluding hydrogens is 496 g/mol. The van der Waals surface area contributed by atoms with E-state index in [1.54, 1.807) is 14.2 Å². The Morgan fingerprint density at radius 1 is 0.550 bits per heavy atom. The van der Waals surface area contributed by atoms with Gasteiger partial charge in [-0.1, -0.05) is 71.8 Å². The van der Waals surface area contributed by atoms with Crippen LogP contribution in [0.4, 0.5) is 0 Å². The fourth-order valence-corrected chi connectivity index (χ4v) is 6.29. The lowest BCUT2D eigenvalue weighted by atomic mass is 9.89. The molecule has 0 saturated carbocycles. The molecule has 4 aromatic carbocycles. The van der Waals surface area contributed by atoms with Gasteiger partial charge in [-0.2, -0.15) is 0 Å². The predicted octanol–water partition coefficient (Wildman–Crippen LogP) is 8.10. The van der Waals surface area contributed by atoms with Gasteiger partial charge in [-0.15, -0.1) is 0 Å². The summed E-state index contributed by atoms with van der Waals surface area (Å²) >= 11 is 0. The van der Waals surface area contributed by atoms with Gasteiger partial charge in [0.2, 0.25) is 0 Å². The second-order valence-corrected chi connectivity index (χ2v) is 11.1. The maximum Gasteiger partial charge on any atom is 0.126 e. The average Bonchev–Trinajstić information content (AvgIpc) is 2.88. The fourth-order valence-electron chi connectivity index (χ4n) is 6.29. The molecule has 2 unspecified atom stereocenters. The van der Waals surface area contributed by atoms with Crippen molar-refractivity contribution in [3.63, 3.8) is 0 Å². The molecule has 40 heavy (non-hydrogen) atoms. The number of methoxy groups -OCH3 is 2. The molecule has 0 amide bonds. The summed E-state index contributed by atoms with van der Waals surface area (Å²) in [5.41, 5.74) is 12.3. The van der Waals surface area contributed by atoms with Gasteiger partial charge >= 0.3 is 0 Å². The molecule has 210 valence electrons. The molecule has 4 heteroatoms. The molecule has 4 rings (SSSR count). The number of para-hydroxylation sites is 2. The van der Waals surface area contributed by atoms with Gasteiger partial charge in [-0.05, 0) is 86.1 Å². The topological polar surface area (TPSA) is 58.9 Å². The molecule has 0 heterocycles. The van der Waals surface area contributed by atoms with Crippen molar-refractivity contribution in [3.8, 4) is 33.8 Å². The Hall–Kier alpha value is -3.60. The minimum Gasteiger partial charge on any atom is -0.507 e. The van der Waals surface area contributed by atoms with Crippen LogP contribution in [0.1, 0.15) is 44.5 Å². The largest absolute Gasteiger partial charge is 0.507 e. The summed E-state index contributed by atoms with van der Waals surface area (Å²) in [6, 6.07) is 20.4. The summed E-state index contributed by atoms with van der Waals surface area (Å²) in [4.78, 5) is 0. The number of phenols is 2. The fraction of sp³-hybridized carbons (Fsp3) is 0.333. The quantitative estimate of drug-likeness (QED) is 0.226. The second-order valence-electron chi connectivity index (χ2n) is 11.1. The lowest BCUT2D eigenvalue weighted by Crippen LogP contribution is -2.34. The Balaban J connectivity index is 1.64.